The summed E-state index contributed by atoms with van der Waals surface area (Å²) in [7, 11) is 0. The maximum Gasteiger partial charge on any atom is 0.132 e. The largest absolute Gasteiger partial charge is 0.491 e. The molecule has 2 aromatic rings. The SMILES string of the molecule is NCCOc1cc(N2CCC(N)CC2)cc2scc(N)c12. The number of nitrogens with zero attached hydrogens (tertiary/aromatic N) is 1. The number of rotatable bonds is 4. The van der Waals surface area contributed by atoms with Crippen LogP contribution in [0.25, 0.3) is 10.1 Å². The summed E-state index contributed by atoms with van der Waals surface area (Å²) in [5.41, 5.74) is 19.6. The standard InChI is InChI=1S/C15H22N4OS/c16-3-6-20-13-7-11(19-4-1-10(17)2-5-19)8-14-15(13)12(18)9-21-14/h7-10H,1-6,16-18H2. The Labute approximate surface area is 128 Å². The minimum absolute atomic E-state index is 0.329. The van der Waals surface area contributed by atoms with E-state index in [1.165, 1.54) is 5.69 Å². The summed E-state index contributed by atoms with van der Waals surface area (Å²) >= 11 is 1.65. The van der Waals surface area contributed by atoms with Crippen molar-refractivity contribution in [1.82, 2.24) is 0 Å². The first kappa shape index (κ1) is 14.4. The van der Waals surface area contributed by atoms with Gasteiger partial charge in [0, 0.05) is 47.5 Å². The predicted molar refractivity (Wildman–Crippen MR) is 90.2 cm³/mol. The Bertz CT molecular complexity index is 619. The van der Waals surface area contributed by atoms with Gasteiger partial charge in [-0.15, -0.1) is 11.3 Å². The van der Waals surface area contributed by atoms with Gasteiger partial charge in [0.2, 0.25) is 0 Å². The first-order valence-electron chi connectivity index (χ1n) is 7.33. The number of fused-ring (bicyclic) bond motifs is 1. The molecule has 6 N–H and O–H groups in total. The van der Waals surface area contributed by atoms with Crippen molar-refractivity contribution in [2.24, 2.45) is 11.5 Å². The molecule has 0 unspecified atom stereocenters. The second kappa shape index (κ2) is 6.09. The minimum Gasteiger partial charge on any atom is -0.491 e. The normalized spacial score (nSPS) is 16.6. The quantitative estimate of drug-likeness (QED) is 0.800. The molecule has 1 saturated heterocycles. The molecule has 0 spiro atoms. The average Bonchev–Trinajstić information content (AvgIpc) is 2.87. The first-order chi connectivity index (χ1) is 10.2. The highest BCUT2D eigenvalue weighted by Gasteiger charge is 2.19. The molecule has 0 aliphatic carbocycles. The summed E-state index contributed by atoms with van der Waals surface area (Å²) < 4.78 is 6.97. The van der Waals surface area contributed by atoms with Gasteiger partial charge in [-0.1, -0.05) is 0 Å². The molecule has 3 rings (SSSR count). The molecule has 0 amide bonds. The number of hydrogen-bond acceptors (Lipinski definition) is 6. The van der Waals surface area contributed by atoms with E-state index in [2.05, 4.69) is 17.0 Å². The zero-order valence-corrected chi connectivity index (χ0v) is 12.9. The second-order valence-corrected chi connectivity index (χ2v) is 6.38. The van der Waals surface area contributed by atoms with E-state index in [0.29, 0.717) is 19.2 Å². The topological polar surface area (TPSA) is 90.5 Å². The third kappa shape index (κ3) is 2.92. The molecular formula is C15H22N4OS. The van der Waals surface area contributed by atoms with Crippen molar-refractivity contribution in [3.05, 3.63) is 17.5 Å². The molecule has 0 atom stereocenters. The van der Waals surface area contributed by atoms with Crippen molar-refractivity contribution in [2.45, 2.75) is 18.9 Å². The van der Waals surface area contributed by atoms with E-state index in [9.17, 15) is 0 Å². The van der Waals surface area contributed by atoms with Crippen molar-refractivity contribution in [3.8, 4) is 5.75 Å². The summed E-state index contributed by atoms with van der Waals surface area (Å²) in [5, 5.41) is 2.97. The monoisotopic (exact) mass is 306 g/mol. The lowest BCUT2D eigenvalue weighted by molar-refractivity contribution is 0.332. The summed E-state index contributed by atoms with van der Waals surface area (Å²) in [6.07, 6.45) is 2.06. The van der Waals surface area contributed by atoms with Crippen LogP contribution in [0.3, 0.4) is 0 Å². The number of piperidine rings is 1. The summed E-state index contributed by atoms with van der Waals surface area (Å²) in [5.74, 6) is 0.835. The van der Waals surface area contributed by atoms with Crippen LogP contribution >= 0.6 is 11.3 Å². The van der Waals surface area contributed by atoms with Crippen molar-refractivity contribution in [2.75, 3.05) is 36.9 Å². The maximum absolute atomic E-state index is 6.06. The van der Waals surface area contributed by atoms with Gasteiger partial charge in [-0.3, -0.25) is 0 Å². The van der Waals surface area contributed by atoms with Gasteiger partial charge in [-0.25, -0.2) is 0 Å². The van der Waals surface area contributed by atoms with Gasteiger partial charge in [0.25, 0.3) is 0 Å². The molecule has 0 bridgehead atoms. The van der Waals surface area contributed by atoms with Crippen LogP contribution in [0, 0.1) is 0 Å². The zero-order valence-electron chi connectivity index (χ0n) is 12.0. The van der Waals surface area contributed by atoms with Gasteiger partial charge in [0.05, 0.1) is 11.1 Å². The number of nitrogens with two attached hydrogens (primary N) is 3. The molecule has 21 heavy (non-hydrogen) atoms. The molecule has 2 heterocycles. The van der Waals surface area contributed by atoms with Crippen molar-refractivity contribution in [1.29, 1.82) is 0 Å². The smallest absolute Gasteiger partial charge is 0.132 e. The number of anilines is 2. The zero-order chi connectivity index (χ0) is 14.8. The predicted octanol–water partition coefficient (Wildman–Crippen LogP) is 1.75. The van der Waals surface area contributed by atoms with Crippen LogP contribution in [0.15, 0.2) is 17.5 Å². The number of hydrogen-bond donors (Lipinski definition) is 3. The number of thiophene rings is 1. The van der Waals surface area contributed by atoms with Crippen LogP contribution in [0.1, 0.15) is 12.8 Å². The molecule has 6 heteroatoms. The van der Waals surface area contributed by atoms with E-state index >= 15 is 0 Å². The van der Waals surface area contributed by atoms with E-state index in [-0.39, 0.29) is 0 Å². The molecule has 114 valence electrons. The second-order valence-electron chi connectivity index (χ2n) is 5.47. The Hall–Kier alpha value is -1.50. The van der Waals surface area contributed by atoms with Crippen LogP contribution in [-0.2, 0) is 0 Å². The fourth-order valence-electron chi connectivity index (χ4n) is 2.76. The van der Waals surface area contributed by atoms with E-state index in [4.69, 9.17) is 21.9 Å². The number of nitrogen functional groups attached to an aromatic ring is 1. The highest BCUT2D eigenvalue weighted by atomic mass is 32.1. The fourth-order valence-corrected chi connectivity index (χ4v) is 3.66. The highest BCUT2D eigenvalue weighted by molar-refractivity contribution is 7.17. The first-order valence-corrected chi connectivity index (χ1v) is 8.21. The van der Waals surface area contributed by atoms with Crippen LogP contribution in [0.2, 0.25) is 0 Å². The molecule has 1 fully saturated rings. The van der Waals surface area contributed by atoms with Gasteiger partial charge < -0.3 is 26.8 Å². The number of ether oxygens (including phenoxy) is 1. The van der Waals surface area contributed by atoms with Gasteiger partial charge >= 0.3 is 0 Å². The lowest BCUT2D eigenvalue weighted by atomic mass is 10.0. The van der Waals surface area contributed by atoms with E-state index in [0.717, 1.165) is 47.5 Å². The highest BCUT2D eigenvalue weighted by Crippen LogP contribution is 2.39. The van der Waals surface area contributed by atoms with Gasteiger partial charge in [-0.2, -0.15) is 0 Å². The Morgan fingerprint density at radius 1 is 1.29 bits per heavy atom. The van der Waals surface area contributed by atoms with Crippen LogP contribution in [0.4, 0.5) is 11.4 Å². The molecular weight excluding hydrogens is 284 g/mol. The molecule has 1 aliphatic heterocycles. The van der Waals surface area contributed by atoms with Crippen LogP contribution in [0.5, 0.6) is 5.75 Å². The molecule has 1 aliphatic rings. The van der Waals surface area contributed by atoms with E-state index < -0.39 is 0 Å². The van der Waals surface area contributed by atoms with Gasteiger partial charge in [0.1, 0.15) is 12.4 Å². The average molecular weight is 306 g/mol. The van der Waals surface area contributed by atoms with Crippen molar-refractivity contribution >= 4 is 32.8 Å². The Morgan fingerprint density at radius 3 is 2.76 bits per heavy atom. The Kier molecular flexibility index (Phi) is 4.19. The third-order valence-corrected chi connectivity index (χ3v) is 4.88. The van der Waals surface area contributed by atoms with Crippen molar-refractivity contribution < 1.29 is 4.74 Å². The summed E-state index contributed by atoms with van der Waals surface area (Å²) in [6, 6.07) is 4.61. The Balaban J connectivity index is 1.95. The van der Waals surface area contributed by atoms with Gasteiger partial charge in [0.15, 0.2) is 0 Å². The molecule has 5 nitrogen and oxygen atoms in total. The molecule has 0 saturated carbocycles. The summed E-state index contributed by atoms with van der Waals surface area (Å²) in [6.45, 7) is 2.97. The van der Waals surface area contributed by atoms with Crippen LogP contribution in [-0.4, -0.2) is 32.3 Å². The van der Waals surface area contributed by atoms with Crippen LogP contribution < -0.4 is 26.8 Å². The Morgan fingerprint density at radius 2 is 2.05 bits per heavy atom. The van der Waals surface area contributed by atoms with E-state index in [1.807, 2.05) is 5.38 Å². The molecule has 1 aromatic heterocycles. The van der Waals surface area contributed by atoms with Gasteiger partial charge in [-0.05, 0) is 18.9 Å². The fraction of sp³-hybridized carbons (Fsp3) is 0.467. The lowest BCUT2D eigenvalue weighted by Gasteiger charge is -2.32. The maximum atomic E-state index is 6.06. The third-order valence-electron chi connectivity index (χ3n) is 3.93. The summed E-state index contributed by atoms with van der Waals surface area (Å²) in [4.78, 5) is 2.37. The molecule has 1 aromatic carbocycles. The van der Waals surface area contributed by atoms with Crippen molar-refractivity contribution in [3.63, 3.8) is 0 Å². The molecule has 0 radical (unpaired) electrons. The number of benzene rings is 1. The lowest BCUT2D eigenvalue weighted by Crippen LogP contribution is -2.39. The minimum atomic E-state index is 0.329. The van der Waals surface area contributed by atoms with E-state index in [1.54, 1.807) is 11.3 Å².